The molecule has 2 aliphatic heterocycles. The molecule has 0 fully saturated rings. The maximum absolute atomic E-state index is 12.7. The lowest BCUT2D eigenvalue weighted by Gasteiger charge is -2.20. The Morgan fingerprint density at radius 1 is 1.00 bits per heavy atom. The number of ether oxygens (including phenoxy) is 3. The highest BCUT2D eigenvalue weighted by Gasteiger charge is 2.36. The number of aliphatic imine (C=N–C) groups is 1. The van der Waals surface area contributed by atoms with Gasteiger partial charge in [-0.15, -0.1) is 0 Å². The van der Waals surface area contributed by atoms with Crippen molar-refractivity contribution in [2.45, 2.75) is 47.0 Å². The Labute approximate surface area is 228 Å². The summed E-state index contributed by atoms with van der Waals surface area (Å²) in [5.41, 5.74) is 2.18. The molecule has 1 unspecified atom stereocenters. The van der Waals surface area contributed by atoms with Crippen molar-refractivity contribution in [3.63, 3.8) is 0 Å². The van der Waals surface area contributed by atoms with Crippen LogP contribution in [-0.4, -0.2) is 46.8 Å². The fourth-order valence-corrected chi connectivity index (χ4v) is 4.74. The average molecular weight is 535 g/mol. The highest BCUT2D eigenvalue weighted by Crippen LogP contribution is 2.33. The molecule has 2 aliphatic rings. The Morgan fingerprint density at radius 3 is 2.42 bits per heavy atom. The van der Waals surface area contributed by atoms with Crippen LogP contribution < -0.4 is 14.2 Å². The van der Waals surface area contributed by atoms with Gasteiger partial charge in [0.15, 0.2) is 17.3 Å². The van der Waals surface area contributed by atoms with Gasteiger partial charge in [0.1, 0.15) is 24.0 Å². The van der Waals surface area contributed by atoms with E-state index in [9.17, 15) is 4.79 Å². The van der Waals surface area contributed by atoms with Crippen molar-refractivity contribution in [3.8, 4) is 17.2 Å². The largest absolute Gasteiger partial charge is 0.490 e. The summed E-state index contributed by atoms with van der Waals surface area (Å²) >= 11 is 1.33. The Hall–Kier alpha value is -3.59. The van der Waals surface area contributed by atoms with E-state index in [0.717, 1.165) is 17.2 Å². The molecule has 2 aromatic rings. The Balaban J connectivity index is 1.42. The summed E-state index contributed by atoms with van der Waals surface area (Å²) in [5.74, 6) is 2.20. The summed E-state index contributed by atoms with van der Waals surface area (Å²) in [7, 11) is 0. The number of carbonyl (C=O) groups is 1. The first-order chi connectivity index (χ1) is 18.3. The van der Waals surface area contributed by atoms with Gasteiger partial charge in [-0.2, -0.15) is 15.1 Å². The van der Waals surface area contributed by atoms with Gasteiger partial charge in [0.05, 0.1) is 12.2 Å². The Kier molecular flexibility index (Phi) is 8.89. The van der Waals surface area contributed by atoms with Crippen LogP contribution >= 0.6 is 11.8 Å². The van der Waals surface area contributed by atoms with E-state index in [0.29, 0.717) is 48.0 Å². The molecule has 2 heterocycles. The predicted octanol–water partition coefficient (Wildman–Crippen LogP) is 6.33. The van der Waals surface area contributed by atoms with E-state index in [4.69, 9.17) is 19.6 Å². The molecule has 9 heteroatoms. The number of hydrogen-bond donors (Lipinski definition) is 1. The predicted molar refractivity (Wildman–Crippen MR) is 154 cm³/mol. The van der Waals surface area contributed by atoms with E-state index in [1.807, 2.05) is 39.0 Å². The zero-order valence-electron chi connectivity index (χ0n) is 22.5. The van der Waals surface area contributed by atoms with Gasteiger partial charge in [0, 0.05) is 5.92 Å². The molecule has 0 saturated carbocycles. The zero-order valence-corrected chi connectivity index (χ0v) is 23.3. The average Bonchev–Trinajstić information content (AvgIpc) is 3.34. The normalized spacial score (nSPS) is 16.9. The minimum absolute atomic E-state index is 0.00997. The molecule has 0 radical (unpaired) electrons. The minimum atomic E-state index is -0.457. The SMILES string of the molecule is CCOc1cc(C=C2C(=N)N3N=C(C(C)C)SC3=NC2=O)ccc1OCCOc1ccc(C(C)CC)cc1. The molecule has 1 amide bonds. The van der Waals surface area contributed by atoms with Crippen LogP contribution in [0.2, 0.25) is 0 Å². The molecule has 2 aromatic carbocycles. The molecule has 200 valence electrons. The lowest BCUT2D eigenvalue weighted by molar-refractivity contribution is -0.114. The lowest BCUT2D eigenvalue weighted by Crippen LogP contribution is -2.35. The summed E-state index contributed by atoms with van der Waals surface area (Å²) in [6.45, 7) is 11.5. The molecule has 38 heavy (non-hydrogen) atoms. The van der Waals surface area contributed by atoms with Gasteiger partial charge in [0.2, 0.25) is 5.17 Å². The van der Waals surface area contributed by atoms with Crippen LogP contribution in [0, 0.1) is 11.3 Å². The topological polar surface area (TPSA) is 96.6 Å². The van der Waals surface area contributed by atoms with Crippen LogP contribution in [0.4, 0.5) is 0 Å². The second kappa shape index (κ2) is 12.3. The Bertz CT molecular complexity index is 1280. The minimum Gasteiger partial charge on any atom is -0.490 e. The number of hydrogen-bond acceptors (Lipinski definition) is 7. The lowest BCUT2D eigenvalue weighted by atomic mass is 9.99. The molecule has 0 bridgehead atoms. The number of nitrogens with zero attached hydrogens (tertiary/aromatic N) is 3. The van der Waals surface area contributed by atoms with Crippen molar-refractivity contribution in [2.24, 2.45) is 16.0 Å². The maximum atomic E-state index is 12.7. The number of hydrazone groups is 1. The van der Waals surface area contributed by atoms with Gasteiger partial charge < -0.3 is 14.2 Å². The fraction of sp³-hybridized carbons (Fsp3) is 0.379. The van der Waals surface area contributed by atoms with Crippen molar-refractivity contribution in [1.29, 1.82) is 5.41 Å². The summed E-state index contributed by atoms with van der Waals surface area (Å²) in [6.07, 6.45) is 2.74. The van der Waals surface area contributed by atoms with E-state index in [-0.39, 0.29) is 17.3 Å². The quantitative estimate of drug-likeness (QED) is 0.267. The van der Waals surface area contributed by atoms with Crippen LogP contribution in [0.25, 0.3) is 6.08 Å². The van der Waals surface area contributed by atoms with Gasteiger partial charge in [-0.3, -0.25) is 10.2 Å². The van der Waals surface area contributed by atoms with Gasteiger partial charge in [0.25, 0.3) is 5.91 Å². The van der Waals surface area contributed by atoms with Crippen LogP contribution in [0.5, 0.6) is 17.2 Å². The highest BCUT2D eigenvalue weighted by molar-refractivity contribution is 8.27. The molecule has 0 saturated heterocycles. The number of amidine groups is 2. The molecular weight excluding hydrogens is 500 g/mol. The van der Waals surface area contributed by atoms with Crippen molar-refractivity contribution < 1.29 is 19.0 Å². The van der Waals surface area contributed by atoms with E-state index in [2.05, 4.69) is 36.1 Å². The van der Waals surface area contributed by atoms with E-state index in [1.165, 1.54) is 22.3 Å². The molecule has 0 aliphatic carbocycles. The highest BCUT2D eigenvalue weighted by atomic mass is 32.2. The number of carbonyl (C=O) groups excluding carboxylic acids is 1. The second-order valence-corrected chi connectivity index (χ2v) is 10.3. The standard InChI is InChI=1S/C29H34N4O4S/c1-6-19(5)21-9-11-22(12-10-21)36-14-15-37-24-13-8-20(17-25(24)35-7-2)16-23-26(30)33-29(31-27(23)34)38-28(32-33)18(3)4/h8-13,16-19,30H,6-7,14-15H2,1-5H3. The number of nitrogens with one attached hydrogen (secondary N) is 1. The molecule has 1 N–H and O–H groups in total. The third-order valence-electron chi connectivity index (χ3n) is 6.21. The monoisotopic (exact) mass is 534 g/mol. The number of rotatable bonds is 11. The Morgan fingerprint density at radius 2 is 1.74 bits per heavy atom. The first-order valence-corrected chi connectivity index (χ1v) is 13.7. The van der Waals surface area contributed by atoms with E-state index in [1.54, 1.807) is 18.2 Å². The van der Waals surface area contributed by atoms with Crippen molar-refractivity contribution >= 4 is 39.8 Å². The first kappa shape index (κ1) is 27.4. The molecular formula is C29H34N4O4S. The van der Waals surface area contributed by atoms with Gasteiger partial charge in [-0.1, -0.05) is 45.9 Å². The molecule has 0 aromatic heterocycles. The summed E-state index contributed by atoms with van der Waals surface area (Å²) in [5, 5.41) is 15.7. The second-order valence-electron chi connectivity index (χ2n) is 9.33. The molecule has 8 nitrogen and oxygen atoms in total. The summed E-state index contributed by atoms with van der Waals surface area (Å²) < 4.78 is 17.6. The van der Waals surface area contributed by atoms with Gasteiger partial charge >= 0.3 is 0 Å². The number of thioether (sulfide) groups is 1. The number of fused-ring (bicyclic) bond motifs is 1. The van der Waals surface area contributed by atoms with Gasteiger partial charge in [-0.05, 0) is 72.5 Å². The molecule has 0 spiro atoms. The van der Waals surface area contributed by atoms with Crippen LogP contribution in [0.3, 0.4) is 0 Å². The van der Waals surface area contributed by atoms with Crippen molar-refractivity contribution in [1.82, 2.24) is 5.01 Å². The van der Waals surface area contributed by atoms with Crippen LogP contribution in [0.1, 0.15) is 58.1 Å². The first-order valence-electron chi connectivity index (χ1n) is 12.9. The van der Waals surface area contributed by atoms with E-state index >= 15 is 0 Å². The number of amides is 1. The third-order valence-corrected chi connectivity index (χ3v) is 7.42. The zero-order chi connectivity index (χ0) is 27.2. The smallest absolute Gasteiger partial charge is 0.283 e. The summed E-state index contributed by atoms with van der Waals surface area (Å²) in [6, 6.07) is 13.6. The number of benzene rings is 2. The third kappa shape index (κ3) is 6.27. The molecule has 4 rings (SSSR count). The molecule has 1 atom stereocenters. The fourth-order valence-electron chi connectivity index (χ4n) is 3.85. The summed E-state index contributed by atoms with van der Waals surface area (Å²) in [4.78, 5) is 16.9. The van der Waals surface area contributed by atoms with Crippen LogP contribution in [0.15, 0.2) is 58.1 Å². The van der Waals surface area contributed by atoms with Gasteiger partial charge in [-0.25, -0.2) is 0 Å². The maximum Gasteiger partial charge on any atom is 0.283 e. The van der Waals surface area contributed by atoms with Crippen molar-refractivity contribution in [3.05, 3.63) is 59.2 Å². The van der Waals surface area contributed by atoms with Crippen molar-refractivity contribution in [2.75, 3.05) is 19.8 Å². The van der Waals surface area contributed by atoms with E-state index < -0.39 is 5.91 Å². The van der Waals surface area contributed by atoms with Crippen LogP contribution in [-0.2, 0) is 4.79 Å².